The number of hydrogen-bond acceptors (Lipinski definition) is 2. The maximum atomic E-state index is 3.50. The number of nitrogens with one attached hydrogen (secondary N) is 1. The molecule has 1 aliphatic carbocycles. The summed E-state index contributed by atoms with van der Waals surface area (Å²) in [5.74, 6) is 0.925. The Morgan fingerprint density at radius 1 is 1.14 bits per heavy atom. The molecular weight excluding hydrogens is 256 g/mol. The first kappa shape index (κ1) is 16.5. The predicted octanol–water partition coefficient (Wildman–Crippen LogP) is 4.07. The highest BCUT2D eigenvalue weighted by Crippen LogP contribution is 2.27. The van der Waals surface area contributed by atoms with Crippen LogP contribution in [-0.2, 0) is 0 Å². The van der Waals surface area contributed by atoms with E-state index in [1.165, 1.54) is 42.4 Å². The van der Waals surface area contributed by atoms with Crippen LogP contribution in [-0.4, -0.2) is 31.6 Å². The number of likely N-dealkylation sites (N-methyl/N-ethyl adjacent to an activating group) is 2. The molecule has 1 N–H and O–H groups in total. The molecule has 0 heterocycles. The maximum Gasteiger partial charge on any atom is 0.0446 e. The number of benzene rings is 1. The second-order valence-electron chi connectivity index (χ2n) is 7.04. The van der Waals surface area contributed by atoms with Gasteiger partial charge < -0.3 is 10.2 Å². The summed E-state index contributed by atoms with van der Waals surface area (Å²) < 4.78 is 0. The molecule has 1 unspecified atom stereocenters. The normalized spacial score (nSPS) is 24.3. The van der Waals surface area contributed by atoms with E-state index in [0.717, 1.165) is 18.5 Å². The van der Waals surface area contributed by atoms with Crippen molar-refractivity contribution < 1.29 is 0 Å². The van der Waals surface area contributed by atoms with Crippen molar-refractivity contribution in [3.05, 3.63) is 34.9 Å². The molecule has 1 saturated carbocycles. The Bertz CT molecular complexity index is 447. The fraction of sp³-hybridized carbons (Fsp3) is 0.684. The Hall–Kier alpha value is -0.860. The molecule has 2 nitrogen and oxygen atoms in total. The molecule has 21 heavy (non-hydrogen) atoms. The number of nitrogens with zero attached hydrogens (tertiary/aromatic N) is 1. The zero-order valence-corrected chi connectivity index (χ0v) is 14.4. The van der Waals surface area contributed by atoms with Crippen molar-refractivity contribution in [3.63, 3.8) is 0 Å². The van der Waals surface area contributed by atoms with E-state index in [2.05, 4.69) is 63.3 Å². The standard InChI is InChI=1S/C19H32N2/c1-14-6-10-18(11-7-14)21(5)13-19(20-4)17-9-8-15(2)16(3)12-17/h8-9,12,14,18-20H,6-7,10-11,13H2,1-5H3. The molecule has 0 bridgehead atoms. The molecule has 1 atom stereocenters. The maximum absolute atomic E-state index is 3.50. The first-order valence-corrected chi connectivity index (χ1v) is 8.46. The minimum absolute atomic E-state index is 0.425. The van der Waals surface area contributed by atoms with Gasteiger partial charge in [0.15, 0.2) is 0 Å². The van der Waals surface area contributed by atoms with E-state index >= 15 is 0 Å². The van der Waals surface area contributed by atoms with Crippen LogP contribution in [0, 0.1) is 19.8 Å². The van der Waals surface area contributed by atoms with Crippen molar-refractivity contribution in [2.24, 2.45) is 5.92 Å². The molecule has 0 spiro atoms. The summed E-state index contributed by atoms with van der Waals surface area (Å²) in [4.78, 5) is 2.57. The van der Waals surface area contributed by atoms with E-state index in [9.17, 15) is 0 Å². The quantitative estimate of drug-likeness (QED) is 0.878. The molecule has 0 radical (unpaired) electrons. The zero-order chi connectivity index (χ0) is 15.4. The van der Waals surface area contributed by atoms with E-state index < -0.39 is 0 Å². The molecule has 1 aromatic rings. The van der Waals surface area contributed by atoms with E-state index in [1.807, 2.05) is 0 Å². The molecule has 2 heteroatoms. The fourth-order valence-corrected chi connectivity index (χ4v) is 3.47. The lowest BCUT2D eigenvalue weighted by Crippen LogP contribution is -2.40. The summed E-state index contributed by atoms with van der Waals surface area (Å²) >= 11 is 0. The molecular formula is C19H32N2. The molecule has 0 amide bonds. The topological polar surface area (TPSA) is 15.3 Å². The summed E-state index contributed by atoms with van der Waals surface area (Å²) in [5, 5.41) is 3.50. The molecule has 1 aromatic carbocycles. The van der Waals surface area contributed by atoms with Crippen LogP contribution in [0.5, 0.6) is 0 Å². The summed E-state index contributed by atoms with van der Waals surface area (Å²) in [6, 6.07) is 8.06. The average molecular weight is 288 g/mol. The number of aryl methyl sites for hydroxylation is 2. The lowest BCUT2D eigenvalue weighted by molar-refractivity contribution is 0.158. The summed E-state index contributed by atoms with van der Waals surface area (Å²) in [6.07, 6.45) is 5.51. The van der Waals surface area contributed by atoms with Gasteiger partial charge in [-0.1, -0.05) is 25.1 Å². The van der Waals surface area contributed by atoms with E-state index in [1.54, 1.807) is 0 Å². The van der Waals surface area contributed by atoms with E-state index in [-0.39, 0.29) is 0 Å². The van der Waals surface area contributed by atoms with Crippen LogP contribution < -0.4 is 5.32 Å². The second-order valence-corrected chi connectivity index (χ2v) is 7.04. The van der Waals surface area contributed by atoms with Crippen LogP contribution in [0.4, 0.5) is 0 Å². The smallest absolute Gasteiger partial charge is 0.0446 e. The van der Waals surface area contributed by atoms with Crippen LogP contribution in [0.1, 0.15) is 55.3 Å². The summed E-state index contributed by atoms with van der Waals surface area (Å²) in [5.41, 5.74) is 4.18. The molecule has 118 valence electrons. The first-order chi connectivity index (χ1) is 10.0. The Morgan fingerprint density at radius 3 is 2.38 bits per heavy atom. The lowest BCUT2D eigenvalue weighted by Gasteiger charge is -2.35. The van der Waals surface area contributed by atoms with E-state index in [4.69, 9.17) is 0 Å². The van der Waals surface area contributed by atoms with Gasteiger partial charge in [0, 0.05) is 18.6 Å². The predicted molar refractivity (Wildman–Crippen MR) is 91.8 cm³/mol. The van der Waals surface area contributed by atoms with Gasteiger partial charge in [-0.15, -0.1) is 0 Å². The number of hydrogen-bond donors (Lipinski definition) is 1. The van der Waals surface area contributed by atoms with Crippen LogP contribution in [0.3, 0.4) is 0 Å². The van der Waals surface area contributed by atoms with Crippen molar-refractivity contribution >= 4 is 0 Å². The van der Waals surface area contributed by atoms with Crippen molar-refractivity contribution in [1.82, 2.24) is 10.2 Å². The highest BCUT2D eigenvalue weighted by molar-refractivity contribution is 5.31. The van der Waals surface area contributed by atoms with Gasteiger partial charge in [0.05, 0.1) is 0 Å². The highest BCUT2D eigenvalue weighted by atomic mass is 15.1. The molecule has 0 aliphatic heterocycles. The Labute approximate surface area is 130 Å². The van der Waals surface area contributed by atoms with Gasteiger partial charge in [0.25, 0.3) is 0 Å². The average Bonchev–Trinajstić information content (AvgIpc) is 2.48. The SMILES string of the molecule is CNC(CN(C)C1CCC(C)CC1)c1ccc(C)c(C)c1. The van der Waals surface area contributed by atoms with Gasteiger partial charge in [-0.3, -0.25) is 0 Å². The van der Waals surface area contributed by atoms with Crippen molar-refractivity contribution in [2.75, 3.05) is 20.6 Å². The van der Waals surface area contributed by atoms with Gasteiger partial charge in [-0.25, -0.2) is 0 Å². The monoisotopic (exact) mass is 288 g/mol. The number of rotatable bonds is 5. The first-order valence-electron chi connectivity index (χ1n) is 8.46. The summed E-state index contributed by atoms with van der Waals surface area (Å²) in [6.45, 7) is 7.88. The van der Waals surface area contributed by atoms with Crippen molar-refractivity contribution in [3.8, 4) is 0 Å². The van der Waals surface area contributed by atoms with Crippen LogP contribution >= 0.6 is 0 Å². The van der Waals surface area contributed by atoms with E-state index in [0.29, 0.717) is 6.04 Å². The second kappa shape index (κ2) is 7.42. The van der Waals surface area contributed by atoms with Gasteiger partial charge in [-0.2, -0.15) is 0 Å². The van der Waals surface area contributed by atoms with Gasteiger partial charge >= 0.3 is 0 Å². The van der Waals surface area contributed by atoms with Crippen LogP contribution in [0.2, 0.25) is 0 Å². The lowest BCUT2D eigenvalue weighted by atomic mass is 9.86. The van der Waals surface area contributed by atoms with Crippen LogP contribution in [0.25, 0.3) is 0 Å². The molecule has 1 aliphatic rings. The third kappa shape index (κ3) is 4.31. The molecule has 2 rings (SSSR count). The molecule has 1 fully saturated rings. The Balaban J connectivity index is 1.99. The summed E-state index contributed by atoms with van der Waals surface area (Å²) in [7, 11) is 4.38. The highest BCUT2D eigenvalue weighted by Gasteiger charge is 2.23. The minimum atomic E-state index is 0.425. The fourth-order valence-electron chi connectivity index (χ4n) is 3.47. The Kier molecular flexibility index (Phi) is 5.83. The largest absolute Gasteiger partial charge is 0.312 e. The van der Waals surface area contributed by atoms with Gasteiger partial charge in [0.2, 0.25) is 0 Å². The molecule has 0 aromatic heterocycles. The van der Waals surface area contributed by atoms with Gasteiger partial charge in [0.1, 0.15) is 0 Å². The Morgan fingerprint density at radius 2 is 1.81 bits per heavy atom. The van der Waals surface area contributed by atoms with Crippen molar-refractivity contribution in [2.45, 2.75) is 58.5 Å². The zero-order valence-electron chi connectivity index (χ0n) is 14.4. The minimum Gasteiger partial charge on any atom is -0.312 e. The van der Waals surface area contributed by atoms with Crippen molar-refractivity contribution in [1.29, 1.82) is 0 Å². The third-order valence-electron chi connectivity index (χ3n) is 5.36. The molecule has 0 saturated heterocycles. The third-order valence-corrected chi connectivity index (χ3v) is 5.36. The van der Waals surface area contributed by atoms with Gasteiger partial charge in [-0.05, 0) is 76.2 Å². The van der Waals surface area contributed by atoms with Crippen LogP contribution in [0.15, 0.2) is 18.2 Å².